The van der Waals surface area contributed by atoms with Crippen molar-refractivity contribution in [3.63, 3.8) is 0 Å². The number of aliphatic hydroxyl groups excluding tert-OH is 1. The standard InChI is InChI=1S/C21H28NO6P/c23-17-5-7-19(8-6-17)28-15-18(24)14-22-21(11-1-2-12-21)13-16-3-9-20(10-4-16)29(25,26)27/h3-10,18,22-24H,1-2,11-15H2,(H2,25,26,27). The van der Waals surface area contributed by atoms with Crippen molar-refractivity contribution >= 4 is 12.9 Å². The third kappa shape index (κ3) is 6.29. The van der Waals surface area contributed by atoms with Crippen LogP contribution < -0.4 is 15.4 Å². The van der Waals surface area contributed by atoms with E-state index in [4.69, 9.17) is 4.74 Å². The molecule has 29 heavy (non-hydrogen) atoms. The van der Waals surface area contributed by atoms with Gasteiger partial charge in [-0.2, -0.15) is 0 Å². The molecule has 1 aliphatic rings. The van der Waals surface area contributed by atoms with Gasteiger partial charge >= 0.3 is 7.60 Å². The number of phenols is 1. The highest BCUT2D eigenvalue weighted by Gasteiger charge is 2.34. The topological polar surface area (TPSA) is 119 Å². The lowest BCUT2D eigenvalue weighted by molar-refractivity contribution is 0.0963. The zero-order valence-corrected chi connectivity index (χ0v) is 17.1. The quantitative estimate of drug-likeness (QED) is 0.393. The van der Waals surface area contributed by atoms with Gasteiger partial charge in [-0.25, -0.2) is 0 Å². The van der Waals surface area contributed by atoms with E-state index >= 15 is 0 Å². The molecule has 5 N–H and O–H groups in total. The minimum Gasteiger partial charge on any atom is -0.508 e. The molecule has 0 bridgehead atoms. The molecule has 2 aromatic carbocycles. The first-order chi connectivity index (χ1) is 13.8. The molecule has 1 unspecified atom stereocenters. The summed E-state index contributed by atoms with van der Waals surface area (Å²) in [5, 5.41) is 23.1. The van der Waals surface area contributed by atoms with Gasteiger partial charge in [-0.1, -0.05) is 25.0 Å². The predicted molar refractivity (Wildman–Crippen MR) is 111 cm³/mol. The molecule has 2 aromatic rings. The minimum atomic E-state index is -4.23. The van der Waals surface area contributed by atoms with Crippen LogP contribution in [0.3, 0.4) is 0 Å². The number of nitrogens with one attached hydrogen (secondary N) is 1. The summed E-state index contributed by atoms with van der Waals surface area (Å²) in [6.07, 6.45) is 4.23. The number of rotatable bonds is 9. The monoisotopic (exact) mass is 421 g/mol. The van der Waals surface area contributed by atoms with Crippen molar-refractivity contribution in [2.24, 2.45) is 0 Å². The molecule has 0 saturated heterocycles. The smallest absolute Gasteiger partial charge is 0.356 e. The fourth-order valence-corrected chi connectivity index (χ4v) is 4.33. The number of hydrogen-bond acceptors (Lipinski definition) is 5. The van der Waals surface area contributed by atoms with Crippen LogP contribution in [0.5, 0.6) is 11.5 Å². The molecular weight excluding hydrogens is 393 g/mol. The molecule has 0 aliphatic heterocycles. The van der Waals surface area contributed by atoms with Crippen LogP contribution in [-0.2, 0) is 11.0 Å². The average molecular weight is 421 g/mol. The van der Waals surface area contributed by atoms with Gasteiger partial charge in [0.25, 0.3) is 0 Å². The van der Waals surface area contributed by atoms with Crippen molar-refractivity contribution in [1.82, 2.24) is 5.32 Å². The Morgan fingerprint density at radius 2 is 1.66 bits per heavy atom. The SMILES string of the molecule is O=P(O)(O)c1ccc(CC2(NCC(O)COc3ccc(O)cc3)CCCC2)cc1. The molecule has 1 fully saturated rings. The van der Waals surface area contributed by atoms with Crippen molar-refractivity contribution in [2.75, 3.05) is 13.2 Å². The number of β-amino-alcohol motifs (C(OH)–C–C–N with tert-alkyl or cyclic N) is 1. The second kappa shape index (κ2) is 9.28. The van der Waals surface area contributed by atoms with Crippen LogP contribution in [0, 0.1) is 0 Å². The first-order valence-electron chi connectivity index (χ1n) is 9.76. The maximum atomic E-state index is 11.3. The summed E-state index contributed by atoms with van der Waals surface area (Å²) in [4.78, 5) is 18.5. The first kappa shape index (κ1) is 21.8. The molecule has 0 heterocycles. The van der Waals surface area contributed by atoms with Gasteiger partial charge in [-0.15, -0.1) is 0 Å². The van der Waals surface area contributed by atoms with Crippen molar-refractivity contribution in [1.29, 1.82) is 0 Å². The second-order valence-corrected chi connectivity index (χ2v) is 9.32. The molecule has 1 atom stereocenters. The zero-order chi connectivity index (χ0) is 20.9. The van der Waals surface area contributed by atoms with Crippen LogP contribution in [0.2, 0.25) is 0 Å². The summed E-state index contributed by atoms with van der Waals surface area (Å²) in [6, 6.07) is 12.9. The van der Waals surface area contributed by atoms with Crippen LogP contribution in [0.4, 0.5) is 0 Å². The van der Waals surface area contributed by atoms with E-state index in [1.807, 2.05) is 0 Å². The van der Waals surface area contributed by atoms with Crippen molar-refractivity contribution in [3.05, 3.63) is 54.1 Å². The largest absolute Gasteiger partial charge is 0.508 e. The summed E-state index contributed by atoms with van der Waals surface area (Å²) < 4.78 is 16.9. The molecule has 7 nitrogen and oxygen atoms in total. The third-order valence-electron chi connectivity index (χ3n) is 5.37. The number of aromatic hydroxyl groups is 1. The van der Waals surface area contributed by atoms with Gasteiger partial charge in [0.2, 0.25) is 0 Å². The predicted octanol–water partition coefficient (Wildman–Crippen LogP) is 2.08. The van der Waals surface area contributed by atoms with Crippen LogP contribution >= 0.6 is 7.60 Å². The van der Waals surface area contributed by atoms with Crippen LogP contribution in [0.25, 0.3) is 0 Å². The highest BCUT2D eigenvalue weighted by molar-refractivity contribution is 7.60. The molecular formula is C21H28NO6P. The van der Waals surface area contributed by atoms with Crippen LogP contribution in [-0.4, -0.2) is 44.8 Å². The first-order valence-corrected chi connectivity index (χ1v) is 11.4. The Balaban J connectivity index is 1.54. The Morgan fingerprint density at radius 3 is 2.24 bits per heavy atom. The maximum Gasteiger partial charge on any atom is 0.356 e. The number of aliphatic hydroxyl groups is 1. The minimum absolute atomic E-state index is 0.0245. The molecule has 3 rings (SSSR count). The Hall–Kier alpha value is -1.89. The molecule has 158 valence electrons. The van der Waals surface area contributed by atoms with Crippen LogP contribution in [0.1, 0.15) is 31.2 Å². The summed E-state index contributed by atoms with van der Waals surface area (Å²) in [5.74, 6) is 0.749. The molecule has 0 aromatic heterocycles. The fourth-order valence-electron chi connectivity index (χ4n) is 3.79. The summed E-state index contributed by atoms with van der Waals surface area (Å²) >= 11 is 0. The molecule has 0 radical (unpaired) electrons. The zero-order valence-electron chi connectivity index (χ0n) is 16.2. The molecule has 8 heteroatoms. The maximum absolute atomic E-state index is 11.3. The average Bonchev–Trinajstić information content (AvgIpc) is 3.14. The van der Waals surface area contributed by atoms with Gasteiger partial charge in [0, 0.05) is 12.1 Å². The van der Waals surface area contributed by atoms with E-state index in [-0.39, 0.29) is 23.2 Å². The lowest BCUT2D eigenvalue weighted by Crippen LogP contribution is -2.48. The van der Waals surface area contributed by atoms with E-state index in [2.05, 4.69) is 5.32 Å². The number of benzene rings is 2. The van der Waals surface area contributed by atoms with Gasteiger partial charge in [0.1, 0.15) is 24.2 Å². The molecule has 1 saturated carbocycles. The lowest BCUT2D eigenvalue weighted by Gasteiger charge is -2.32. The Bertz CT molecular complexity index is 827. The van der Waals surface area contributed by atoms with E-state index in [9.17, 15) is 24.6 Å². The van der Waals surface area contributed by atoms with Crippen molar-refractivity contribution in [3.8, 4) is 11.5 Å². The number of ether oxygens (including phenoxy) is 1. The highest BCUT2D eigenvalue weighted by atomic mass is 31.2. The Morgan fingerprint density at radius 1 is 1.03 bits per heavy atom. The Kier molecular flexibility index (Phi) is 6.98. The second-order valence-electron chi connectivity index (χ2n) is 7.71. The van der Waals surface area contributed by atoms with Gasteiger partial charge in [-0.05, 0) is 61.2 Å². The summed E-state index contributed by atoms with van der Waals surface area (Å²) in [5.41, 5.74) is 0.870. The number of hydrogen-bond donors (Lipinski definition) is 5. The van der Waals surface area contributed by atoms with Gasteiger partial charge in [-0.3, -0.25) is 4.57 Å². The van der Waals surface area contributed by atoms with Gasteiger partial charge in [0.05, 0.1) is 5.30 Å². The van der Waals surface area contributed by atoms with E-state index in [1.54, 1.807) is 24.3 Å². The van der Waals surface area contributed by atoms with E-state index in [0.29, 0.717) is 12.3 Å². The third-order valence-corrected chi connectivity index (χ3v) is 6.34. The highest BCUT2D eigenvalue weighted by Crippen LogP contribution is 2.35. The molecule has 0 amide bonds. The van der Waals surface area contributed by atoms with Gasteiger partial charge in [0.15, 0.2) is 0 Å². The van der Waals surface area contributed by atoms with E-state index in [1.165, 1.54) is 24.3 Å². The normalized spacial score (nSPS) is 17.2. The fraction of sp³-hybridized carbons (Fsp3) is 0.429. The van der Waals surface area contributed by atoms with E-state index in [0.717, 1.165) is 37.7 Å². The lowest BCUT2D eigenvalue weighted by atomic mass is 9.89. The molecule has 0 spiro atoms. The Labute approximate surface area is 170 Å². The van der Waals surface area contributed by atoms with Crippen molar-refractivity contribution in [2.45, 2.75) is 43.7 Å². The summed E-state index contributed by atoms with van der Waals surface area (Å²) in [7, 11) is -4.23. The summed E-state index contributed by atoms with van der Waals surface area (Å²) in [6.45, 7) is 0.531. The number of phenolic OH excluding ortho intramolecular Hbond substituents is 1. The van der Waals surface area contributed by atoms with E-state index < -0.39 is 13.7 Å². The van der Waals surface area contributed by atoms with Crippen LogP contribution in [0.15, 0.2) is 48.5 Å². The molecule has 1 aliphatic carbocycles. The van der Waals surface area contributed by atoms with Gasteiger partial charge < -0.3 is 30.1 Å². The van der Waals surface area contributed by atoms with Crippen molar-refractivity contribution < 1.29 is 29.3 Å².